The summed E-state index contributed by atoms with van der Waals surface area (Å²) in [7, 11) is 0. The number of hydrogen-bond acceptors (Lipinski definition) is 11. The highest BCUT2D eigenvalue weighted by atomic mass is 16.6. The van der Waals surface area contributed by atoms with E-state index >= 15 is 0 Å². The minimum Gasteiger partial charge on any atom is -0.444 e. The van der Waals surface area contributed by atoms with Gasteiger partial charge in [-0.25, -0.2) is 4.79 Å². The molecule has 0 radical (unpaired) electrons. The molecule has 1 aromatic rings. The van der Waals surface area contributed by atoms with Crippen LogP contribution in [0.4, 0.5) is 22.4 Å². The lowest BCUT2D eigenvalue weighted by molar-refractivity contribution is 0.0119. The van der Waals surface area contributed by atoms with Gasteiger partial charge < -0.3 is 35.2 Å². The van der Waals surface area contributed by atoms with Gasteiger partial charge in [0.2, 0.25) is 5.95 Å². The topological polar surface area (TPSA) is 116 Å². The number of anilines is 3. The summed E-state index contributed by atoms with van der Waals surface area (Å²) in [5, 5.41) is 3.68. The molecule has 0 aromatic carbocycles. The number of ether oxygens (including phenoxy) is 2. The Morgan fingerprint density at radius 2 is 1.61 bits per heavy atom. The summed E-state index contributed by atoms with van der Waals surface area (Å²) in [6.07, 6.45) is 8.87. The molecule has 4 aliphatic rings. The van der Waals surface area contributed by atoms with Gasteiger partial charge in [-0.2, -0.15) is 9.97 Å². The van der Waals surface area contributed by atoms with Crippen molar-refractivity contribution in [3.05, 3.63) is 6.07 Å². The van der Waals surface area contributed by atoms with Gasteiger partial charge in [0.15, 0.2) is 0 Å². The van der Waals surface area contributed by atoms with Gasteiger partial charge >= 0.3 is 6.09 Å². The van der Waals surface area contributed by atoms with Crippen LogP contribution >= 0.6 is 0 Å². The Labute approximate surface area is 277 Å². The molecule has 1 amide bonds. The summed E-state index contributed by atoms with van der Waals surface area (Å²) in [6, 6.07) is 2.25. The first-order chi connectivity index (χ1) is 22.2. The lowest BCUT2D eigenvalue weighted by atomic mass is 9.94. The molecule has 12 heteroatoms. The van der Waals surface area contributed by atoms with Crippen LogP contribution in [-0.4, -0.2) is 141 Å². The number of piperidine rings is 1. The quantitative estimate of drug-likeness (QED) is 0.327. The molecule has 3 N–H and O–H groups in total. The number of hydrogen-bond donors (Lipinski definition) is 2. The SMILES string of the molecule is CC(C)(C)OC(=O)N(CCCNCC1CCN(c2nc(N)cc(N3CCN(CCN4CCOCC4)CC3)n2)CC1)C1CCCCC1. The van der Waals surface area contributed by atoms with Crippen molar-refractivity contribution in [1.29, 1.82) is 0 Å². The summed E-state index contributed by atoms with van der Waals surface area (Å²) >= 11 is 0. The highest BCUT2D eigenvalue weighted by Crippen LogP contribution is 2.26. The average molecular weight is 644 g/mol. The zero-order valence-electron chi connectivity index (χ0n) is 28.9. The highest BCUT2D eigenvalue weighted by molar-refractivity contribution is 5.68. The van der Waals surface area contributed by atoms with E-state index in [1.54, 1.807) is 0 Å². The predicted octanol–water partition coefficient (Wildman–Crippen LogP) is 3.28. The third kappa shape index (κ3) is 10.8. The van der Waals surface area contributed by atoms with Gasteiger partial charge in [-0.1, -0.05) is 19.3 Å². The highest BCUT2D eigenvalue weighted by Gasteiger charge is 2.29. The maximum atomic E-state index is 13.0. The Kier molecular flexibility index (Phi) is 13.0. The number of nitrogens with zero attached hydrogens (tertiary/aromatic N) is 7. The number of carbonyl (C=O) groups is 1. The molecule has 0 unspecified atom stereocenters. The summed E-state index contributed by atoms with van der Waals surface area (Å²) in [4.78, 5) is 34.4. The van der Waals surface area contributed by atoms with Crippen LogP contribution in [-0.2, 0) is 9.47 Å². The average Bonchev–Trinajstić information content (AvgIpc) is 3.05. The van der Waals surface area contributed by atoms with Crippen LogP contribution in [0, 0.1) is 5.92 Å². The van der Waals surface area contributed by atoms with E-state index in [9.17, 15) is 4.79 Å². The van der Waals surface area contributed by atoms with Gasteiger partial charge in [0.1, 0.15) is 17.2 Å². The molecule has 1 saturated carbocycles. The molecule has 0 bridgehead atoms. The van der Waals surface area contributed by atoms with Gasteiger partial charge in [-0.3, -0.25) is 9.80 Å². The van der Waals surface area contributed by atoms with E-state index in [0.717, 1.165) is 142 Å². The summed E-state index contributed by atoms with van der Waals surface area (Å²) < 4.78 is 11.2. The fourth-order valence-electron chi connectivity index (χ4n) is 7.21. The van der Waals surface area contributed by atoms with Crippen molar-refractivity contribution >= 4 is 23.7 Å². The van der Waals surface area contributed by atoms with E-state index in [-0.39, 0.29) is 6.09 Å². The summed E-state index contributed by atoms with van der Waals surface area (Å²) in [5.41, 5.74) is 5.83. The normalized spacial score (nSPS) is 21.5. The first kappa shape index (κ1) is 34.9. The maximum Gasteiger partial charge on any atom is 0.410 e. The molecule has 1 aromatic heterocycles. The molecular formula is C34H61N9O3. The number of nitrogens with two attached hydrogens (primary N) is 1. The molecule has 4 heterocycles. The molecule has 5 rings (SSSR count). The van der Waals surface area contributed by atoms with Crippen LogP contribution < -0.4 is 20.9 Å². The smallest absolute Gasteiger partial charge is 0.410 e. The van der Waals surface area contributed by atoms with Crippen molar-refractivity contribution < 1.29 is 14.3 Å². The second kappa shape index (κ2) is 17.1. The fourth-order valence-corrected chi connectivity index (χ4v) is 7.21. The number of nitrogen functional groups attached to an aromatic ring is 1. The van der Waals surface area contributed by atoms with Crippen molar-refractivity contribution in [3.63, 3.8) is 0 Å². The zero-order valence-corrected chi connectivity index (χ0v) is 28.9. The largest absolute Gasteiger partial charge is 0.444 e. The van der Waals surface area contributed by atoms with Crippen LogP contribution in [0.1, 0.15) is 72.1 Å². The van der Waals surface area contributed by atoms with E-state index in [0.29, 0.717) is 17.8 Å². The van der Waals surface area contributed by atoms with Gasteiger partial charge in [0.05, 0.1) is 13.2 Å². The Bertz CT molecular complexity index is 1060. The molecule has 3 saturated heterocycles. The van der Waals surface area contributed by atoms with E-state index < -0.39 is 5.60 Å². The Hall–Kier alpha value is -2.41. The number of rotatable bonds is 12. The number of aromatic nitrogens is 2. The van der Waals surface area contributed by atoms with Gasteiger partial charge in [0, 0.05) is 84.1 Å². The Morgan fingerprint density at radius 3 is 2.28 bits per heavy atom. The molecular weight excluding hydrogens is 582 g/mol. The monoisotopic (exact) mass is 643 g/mol. The lowest BCUT2D eigenvalue weighted by Gasteiger charge is -2.37. The van der Waals surface area contributed by atoms with Crippen LogP contribution in [0.2, 0.25) is 0 Å². The predicted molar refractivity (Wildman–Crippen MR) is 185 cm³/mol. The first-order valence-electron chi connectivity index (χ1n) is 18.1. The molecule has 0 spiro atoms. The second-order valence-corrected chi connectivity index (χ2v) is 14.7. The Morgan fingerprint density at radius 1 is 0.935 bits per heavy atom. The fraction of sp³-hybridized carbons (Fsp3) is 0.853. The molecule has 260 valence electrons. The van der Waals surface area contributed by atoms with Crippen molar-refractivity contribution in [2.75, 3.05) is 114 Å². The van der Waals surface area contributed by atoms with Gasteiger partial charge in [-0.05, 0) is 71.9 Å². The minimum atomic E-state index is -0.464. The Balaban J connectivity index is 1.01. The van der Waals surface area contributed by atoms with E-state index in [1.807, 2.05) is 31.7 Å². The van der Waals surface area contributed by atoms with E-state index in [4.69, 9.17) is 20.2 Å². The summed E-state index contributed by atoms with van der Waals surface area (Å²) in [5.74, 6) is 2.89. The lowest BCUT2D eigenvalue weighted by Crippen LogP contribution is -2.49. The van der Waals surface area contributed by atoms with E-state index in [1.165, 1.54) is 19.3 Å². The zero-order chi connectivity index (χ0) is 32.4. The van der Waals surface area contributed by atoms with Gasteiger partial charge in [0.25, 0.3) is 0 Å². The third-order valence-corrected chi connectivity index (χ3v) is 9.98. The number of nitrogens with one attached hydrogen (secondary N) is 1. The van der Waals surface area contributed by atoms with Crippen LogP contribution in [0.25, 0.3) is 0 Å². The molecule has 1 aliphatic carbocycles. The van der Waals surface area contributed by atoms with Crippen LogP contribution in [0.15, 0.2) is 6.07 Å². The van der Waals surface area contributed by atoms with Crippen molar-refractivity contribution in [3.8, 4) is 0 Å². The number of morpholine rings is 1. The van der Waals surface area contributed by atoms with E-state index in [2.05, 4.69) is 29.9 Å². The van der Waals surface area contributed by atoms with Gasteiger partial charge in [-0.15, -0.1) is 0 Å². The minimum absolute atomic E-state index is 0.152. The molecule has 46 heavy (non-hydrogen) atoms. The molecule has 12 nitrogen and oxygen atoms in total. The first-order valence-corrected chi connectivity index (χ1v) is 18.1. The number of amides is 1. The second-order valence-electron chi connectivity index (χ2n) is 14.7. The van der Waals surface area contributed by atoms with Crippen molar-refractivity contribution in [2.45, 2.75) is 83.8 Å². The van der Waals surface area contributed by atoms with Crippen molar-refractivity contribution in [1.82, 2.24) is 30.0 Å². The maximum absolute atomic E-state index is 13.0. The number of carbonyl (C=O) groups excluding carboxylic acids is 1. The van der Waals surface area contributed by atoms with Crippen molar-refractivity contribution in [2.24, 2.45) is 5.92 Å². The molecule has 0 atom stereocenters. The third-order valence-electron chi connectivity index (χ3n) is 9.98. The molecule has 4 fully saturated rings. The number of piperazine rings is 1. The molecule has 3 aliphatic heterocycles. The summed E-state index contributed by atoms with van der Waals surface area (Å²) in [6.45, 7) is 20.5. The standard InChI is InChI=1S/C34H61N9O3/c1-34(2,3)46-33(44)43(29-8-5-4-6-9-29)13-7-12-36-27-28-10-14-42(15-11-28)32-37-30(35)26-31(38-32)41-20-18-39(19-21-41)16-17-40-22-24-45-25-23-40/h26,28-29,36H,4-25,27H2,1-3H3,(H2,35,37,38). The van der Waals surface area contributed by atoms with Crippen LogP contribution in [0.5, 0.6) is 0 Å². The van der Waals surface area contributed by atoms with Crippen LogP contribution in [0.3, 0.4) is 0 Å².